The van der Waals surface area contributed by atoms with Gasteiger partial charge in [0.25, 0.3) is 0 Å². The fraction of sp³-hybridized carbons (Fsp3) is 1.00. The molecule has 0 radical (unpaired) electrons. The maximum atomic E-state index is 10.9. The number of rotatable bonds is 28. The third-order valence-corrected chi connectivity index (χ3v) is 7.55. The van der Waals surface area contributed by atoms with E-state index < -0.39 is 10.4 Å². The van der Waals surface area contributed by atoms with Gasteiger partial charge in [-0.25, -0.2) is 8.42 Å². The topological polar surface area (TPSA) is 66.4 Å². The molecule has 0 N–H and O–H groups in total. The molecule has 0 aromatic rings. The Bertz CT molecular complexity index is 499. The van der Waals surface area contributed by atoms with Gasteiger partial charge in [-0.2, -0.15) is 0 Å². The van der Waals surface area contributed by atoms with Crippen molar-refractivity contribution in [2.75, 3.05) is 6.61 Å². The van der Waals surface area contributed by atoms with Gasteiger partial charge in [-0.05, 0) is 18.8 Å². The normalized spacial score (nSPS) is 12.5. The van der Waals surface area contributed by atoms with Crippen molar-refractivity contribution in [2.45, 2.75) is 174 Å². The molecule has 0 fully saturated rings. The van der Waals surface area contributed by atoms with Gasteiger partial charge in [0.05, 0.1) is 6.61 Å². The molecule has 0 saturated carbocycles. The molecule has 0 aliphatic rings. The Labute approximate surface area is 263 Å². The van der Waals surface area contributed by atoms with E-state index in [2.05, 4.69) is 18.0 Å². The molecule has 0 amide bonds. The van der Waals surface area contributed by atoms with Gasteiger partial charge in [0.15, 0.2) is 0 Å². The van der Waals surface area contributed by atoms with Gasteiger partial charge in [0, 0.05) is 0 Å². The summed E-state index contributed by atoms with van der Waals surface area (Å²) >= 11 is 0. The summed E-state index contributed by atoms with van der Waals surface area (Å²) in [6, 6.07) is 0. The van der Waals surface area contributed by atoms with E-state index in [4.69, 9.17) is 0 Å². The molecule has 0 bridgehead atoms. The second kappa shape index (κ2) is 30.1. The van der Waals surface area contributed by atoms with Gasteiger partial charge >= 0.3 is 51.4 Å². The fourth-order valence-corrected chi connectivity index (χ4v) is 5.22. The van der Waals surface area contributed by atoms with Crippen LogP contribution in [-0.2, 0) is 14.6 Å². The average molecular weight is 543 g/mol. The molecular formula is C29H59KO4S. The molecule has 0 saturated heterocycles. The smallest absolute Gasteiger partial charge is 0.726 e. The van der Waals surface area contributed by atoms with Gasteiger partial charge in [-0.15, -0.1) is 0 Å². The Morgan fingerprint density at radius 2 is 0.771 bits per heavy atom. The molecule has 1 unspecified atom stereocenters. The maximum Gasteiger partial charge on any atom is 1.00 e. The van der Waals surface area contributed by atoms with Crippen LogP contribution in [0, 0.1) is 5.92 Å². The quantitative estimate of drug-likeness (QED) is 0.0468. The van der Waals surface area contributed by atoms with E-state index in [9.17, 15) is 13.0 Å². The molecule has 0 aromatic carbocycles. The van der Waals surface area contributed by atoms with E-state index >= 15 is 0 Å². The van der Waals surface area contributed by atoms with Crippen molar-refractivity contribution >= 4 is 10.4 Å². The first-order valence-corrected chi connectivity index (χ1v) is 16.4. The summed E-state index contributed by atoms with van der Waals surface area (Å²) in [5, 5.41) is 0. The zero-order chi connectivity index (χ0) is 25.2. The molecule has 0 spiro atoms. The minimum atomic E-state index is -4.58. The van der Waals surface area contributed by atoms with Crippen LogP contribution in [0.25, 0.3) is 0 Å². The summed E-state index contributed by atoms with van der Waals surface area (Å²) in [6.07, 6.45) is 32.3. The van der Waals surface area contributed by atoms with Crippen LogP contribution in [0.3, 0.4) is 0 Å². The number of hydrogen-bond acceptors (Lipinski definition) is 4. The van der Waals surface area contributed by atoms with Gasteiger partial charge in [0.2, 0.25) is 10.4 Å². The van der Waals surface area contributed by atoms with E-state index in [1.807, 2.05) is 0 Å². The summed E-state index contributed by atoms with van der Waals surface area (Å²) in [5.74, 6) is 0.200. The van der Waals surface area contributed by atoms with Crippen molar-refractivity contribution in [3.8, 4) is 0 Å². The molecule has 4 nitrogen and oxygen atoms in total. The molecular weight excluding hydrogens is 483 g/mol. The van der Waals surface area contributed by atoms with Crippen LogP contribution >= 0.6 is 0 Å². The second-order valence-corrected chi connectivity index (χ2v) is 11.6. The van der Waals surface area contributed by atoms with E-state index in [0.717, 1.165) is 25.7 Å². The third kappa shape index (κ3) is 33.5. The first-order chi connectivity index (χ1) is 16.5. The summed E-state index contributed by atoms with van der Waals surface area (Å²) < 4.78 is 37.2. The second-order valence-electron chi connectivity index (χ2n) is 10.6. The Hall–Kier alpha value is 1.51. The Morgan fingerprint density at radius 1 is 0.514 bits per heavy atom. The van der Waals surface area contributed by atoms with Gasteiger partial charge in [-0.1, -0.05) is 162 Å². The Morgan fingerprint density at radius 3 is 1.03 bits per heavy atom. The molecule has 206 valence electrons. The molecule has 35 heavy (non-hydrogen) atoms. The zero-order valence-corrected chi connectivity index (χ0v) is 27.9. The van der Waals surface area contributed by atoms with E-state index in [0.29, 0.717) is 0 Å². The van der Waals surface area contributed by atoms with E-state index in [-0.39, 0.29) is 63.9 Å². The molecule has 0 heterocycles. The molecule has 0 aliphatic heterocycles. The van der Waals surface area contributed by atoms with Gasteiger partial charge in [-0.3, -0.25) is 4.18 Å². The largest absolute Gasteiger partial charge is 1.00 e. The molecule has 0 aliphatic carbocycles. The standard InChI is InChI=1S/C29H60O4S.K/c1-3-5-7-9-11-13-14-15-16-17-18-19-21-23-25-27-29(28-33-34(30,31)32)26-24-22-20-12-10-8-6-4-2;/h29H,3-28H2,1-2H3,(H,30,31,32);/q;+1/p-1. The zero-order valence-electron chi connectivity index (χ0n) is 24.0. The summed E-state index contributed by atoms with van der Waals surface area (Å²) in [6.45, 7) is 4.58. The summed E-state index contributed by atoms with van der Waals surface area (Å²) in [7, 11) is -4.58. The van der Waals surface area contributed by atoms with E-state index in [1.165, 1.54) is 135 Å². The average Bonchev–Trinajstić information content (AvgIpc) is 2.80. The van der Waals surface area contributed by atoms with Crippen LogP contribution in [0.5, 0.6) is 0 Å². The Balaban J connectivity index is 0. The van der Waals surface area contributed by atoms with Crippen molar-refractivity contribution in [3.05, 3.63) is 0 Å². The first-order valence-electron chi connectivity index (χ1n) is 15.1. The number of hydrogen-bond donors (Lipinski definition) is 0. The molecule has 0 aromatic heterocycles. The van der Waals surface area contributed by atoms with Crippen molar-refractivity contribution < 1.29 is 68.5 Å². The minimum absolute atomic E-state index is 0. The predicted octanol–water partition coefficient (Wildman–Crippen LogP) is 6.88. The predicted molar refractivity (Wildman–Crippen MR) is 146 cm³/mol. The van der Waals surface area contributed by atoms with Crippen molar-refractivity contribution in [1.29, 1.82) is 0 Å². The maximum absolute atomic E-state index is 10.9. The van der Waals surface area contributed by atoms with Crippen LogP contribution in [0.15, 0.2) is 0 Å². The van der Waals surface area contributed by atoms with Gasteiger partial charge in [0.1, 0.15) is 0 Å². The van der Waals surface area contributed by atoms with Crippen LogP contribution in [0.1, 0.15) is 174 Å². The number of unbranched alkanes of at least 4 members (excludes halogenated alkanes) is 21. The van der Waals surface area contributed by atoms with E-state index in [1.54, 1.807) is 0 Å². The van der Waals surface area contributed by atoms with Crippen molar-refractivity contribution in [2.24, 2.45) is 5.92 Å². The minimum Gasteiger partial charge on any atom is -0.726 e. The fourth-order valence-electron chi connectivity index (χ4n) is 4.86. The van der Waals surface area contributed by atoms with Crippen molar-refractivity contribution in [3.63, 3.8) is 0 Å². The first kappa shape index (κ1) is 38.7. The Kier molecular flexibility index (Phi) is 33.2. The van der Waals surface area contributed by atoms with Crippen molar-refractivity contribution in [1.82, 2.24) is 0 Å². The van der Waals surface area contributed by atoms with Crippen LogP contribution in [0.2, 0.25) is 0 Å². The summed E-state index contributed by atoms with van der Waals surface area (Å²) in [5.41, 5.74) is 0. The third-order valence-electron chi connectivity index (χ3n) is 7.13. The van der Waals surface area contributed by atoms with Crippen LogP contribution < -0.4 is 51.4 Å². The SMILES string of the molecule is CCCCCCCCCCCCCCCCCC(CCCCCCCCCC)COS(=O)(=O)[O-].[K+]. The monoisotopic (exact) mass is 542 g/mol. The van der Waals surface area contributed by atoms with Gasteiger partial charge < -0.3 is 4.55 Å². The molecule has 1 atom stereocenters. The molecule has 0 rings (SSSR count). The van der Waals surface area contributed by atoms with Crippen LogP contribution in [0.4, 0.5) is 0 Å². The summed E-state index contributed by atoms with van der Waals surface area (Å²) in [4.78, 5) is 0. The van der Waals surface area contributed by atoms with Crippen LogP contribution in [-0.4, -0.2) is 19.6 Å². The molecule has 6 heteroatoms.